The number of ether oxygens (including phenoxy) is 2. The minimum absolute atomic E-state index is 0.110. The molecule has 8 heteroatoms. The van der Waals surface area contributed by atoms with Gasteiger partial charge in [0, 0.05) is 35.6 Å². The molecule has 1 N–H and O–H groups in total. The number of carbonyl (C=O) groups excluding carboxylic acids is 2. The summed E-state index contributed by atoms with van der Waals surface area (Å²) in [4.78, 5) is 28.2. The number of rotatable bonds is 6. The van der Waals surface area contributed by atoms with E-state index in [9.17, 15) is 9.59 Å². The lowest BCUT2D eigenvalue weighted by atomic mass is 9.85. The SMILES string of the molecule is COc1ccc(C(=O)N2CC[C@@H](NC(=O)c3ccccc3Cl)[C@H](c3ccc(Cl)cc3)C2)cc1OC. The number of benzene rings is 3. The van der Waals surface area contributed by atoms with Crippen LogP contribution in [0.25, 0.3) is 0 Å². The Morgan fingerprint density at radius 2 is 1.66 bits per heavy atom. The first kappa shape index (κ1) is 24.9. The van der Waals surface area contributed by atoms with E-state index < -0.39 is 0 Å². The van der Waals surface area contributed by atoms with Crippen LogP contribution in [0.15, 0.2) is 66.7 Å². The zero-order valence-electron chi connectivity index (χ0n) is 19.5. The van der Waals surface area contributed by atoms with E-state index in [0.717, 1.165) is 5.56 Å². The third kappa shape index (κ3) is 5.55. The molecular formula is C27H26Cl2N2O4. The Balaban J connectivity index is 1.58. The van der Waals surface area contributed by atoms with Crippen LogP contribution in [0.2, 0.25) is 10.0 Å². The second kappa shape index (κ2) is 11.0. The number of piperidine rings is 1. The quantitative estimate of drug-likeness (QED) is 0.477. The lowest BCUT2D eigenvalue weighted by Crippen LogP contribution is -2.51. The highest BCUT2D eigenvalue weighted by Gasteiger charge is 2.34. The molecule has 3 aromatic rings. The van der Waals surface area contributed by atoms with E-state index >= 15 is 0 Å². The van der Waals surface area contributed by atoms with Crippen LogP contribution in [0.1, 0.15) is 38.6 Å². The predicted octanol–water partition coefficient (Wildman–Crippen LogP) is 5.44. The maximum absolute atomic E-state index is 13.4. The van der Waals surface area contributed by atoms with Crippen molar-refractivity contribution in [3.8, 4) is 11.5 Å². The highest BCUT2D eigenvalue weighted by atomic mass is 35.5. The molecule has 2 amide bonds. The Labute approximate surface area is 214 Å². The first-order chi connectivity index (χ1) is 16.9. The Bertz CT molecular complexity index is 1220. The summed E-state index contributed by atoms with van der Waals surface area (Å²) < 4.78 is 10.6. The van der Waals surface area contributed by atoms with E-state index in [0.29, 0.717) is 52.2 Å². The summed E-state index contributed by atoms with van der Waals surface area (Å²) in [6, 6.07) is 19.4. The fourth-order valence-electron chi connectivity index (χ4n) is 4.40. The average Bonchev–Trinajstić information content (AvgIpc) is 2.88. The fraction of sp³-hybridized carbons (Fsp3) is 0.259. The minimum atomic E-state index is -0.237. The second-order valence-electron chi connectivity index (χ2n) is 8.33. The van der Waals surface area contributed by atoms with Gasteiger partial charge in [-0.25, -0.2) is 0 Å². The Kier molecular flexibility index (Phi) is 7.83. The van der Waals surface area contributed by atoms with Crippen molar-refractivity contribution in [1.82, 2.24) is 10.2 Å². The van der Waals surface area contributed by atoms with E-state index in [1.807, 2.05) is 24.3 Å². The molecule has 3 aromatic carbocycles. The molecule has 1 saturated heterocycles. The summed E-state index contributed by atoms with van der Waals surface area (Å²) in [7, 11) is 3.09. The molecule has 4 rings (SSSR count). The molecule has 0 bridgehead atoms. The van der Waals surface area contributed by atoms with Crippen molar-refractivity contribution in [2.24, 2.45) is 0 Å². The molecule has 1 fully saturated rings. The third-order valence-electron chi connectivity index (χ3n) is 6.26. The van der Waals surface area contributed by atoms with Gasteiger partial charge in [0.1, 0.15) is 0 Å². The lowest BCUT2D eigenvalue weighted by Gasteiger charge is -2.39. The molecule has 35 heavy (non-hydrogen) atoms. The average molecular weight is 513 g/mol. The first-order valence-corrected chi connectivity index (χ1v) is 12.0. The Hall–Kier alpha value is -3.22. The fourth-order valence-corrected chi connectivity index (χ4v) is 4.75. The van der Waals surface area contributed by atoms with E-state index in [4.69, 9.17) is 32.7 Å². The summed E-state index contributed by atoms with van der Waals surface area (Å²) in [5.74, 6) is 0.579. The van der Waals surface area contributed by atoms with Gasteiger partial charge in [-0.1, -0.05) is 47.5 Å². The van der Waals surface area contributed by atoms with Gasteiger partial charge in [0.05, 0.1) is 24.8 Å². The highest BCUT2D eigenvalue weighted by molar-refractivity contribution is 6.33. The van der Waals surface area contributed by atoms with Gasteiger partial charge < -0.3 is 19.7 Å². The normalized spacial score (nSPS) is 17.5. The van der Waals surface area contributed by atoms with Gasteiger partial charge in [-0.05, 0) is 54.4 Å². The van der Waals surface area contributed by atoms with Gasteiger partial charge in [-0.3, -0.25) is 9.59 Å². The Morgan fingerprint density at radius 1 is 0.943 bits per heavy atom. The number of methoxy groups -OCH3 is 2. The van der Waals surface area contributed by atoms with Crippen LogP contribution in [0.5, 0.6) is 11.5 Å². The summed E-state index contributed by atoms with van der Waals surface area (Å²) >= 11 is 12.3. The number of hydrogen-bond acceptors (Lipinski definition) is 4. The summed E-state index contributed by atoms with van der Waals surface area (Å²) in [6.07, 6.45) is 0.586. The van der Waals surface area contributed by atoms with Crippen molar-refractivity contribution >= 4 is 35.0 Å². The molecule has 1 aliphatic rings. The lowest BCUT2D eigenvalue weighted by molar-refractivity contribution is 0.0671. The van der Waals surface area contributed by atoms with Gasteiger partial charge in [-0.15, -0.1) is 0 Å². The van der Waals surface area contributed by atoms with Crippen molar-refractivity contribution < 1.29 is 19.1 Å². The van der Waals surface area contributed by atoms with Crippen molar-refractivity contribution in [1.29, 1.82) is 0 Å². The van der Waals surface area contributed by atoms with E-state index in [2.05, 4.69) is 5.32 Å². The van der Waals surface area contributed by atoms with Gasteiger partial charge in [0.15, 0.2) is 11.5 Å². The van der Waals surface area contributed by atoms with Crippen molar-refractivity contribution in [3.63, 3.8) is 0 Å². The maximum Gasteiger partial charge on any atom is 0.254 e. The van der Waals surface area contributed by atoms with Crippen molar-refractivity contribution in [2.75, 3.05) is 27.3 Å². The van der Waals surface area contributed by atoms with Gasteiger partial charge in [0.2, 0.25) is 0 Å². The minimum Gasteiger partial charge on any atom is -0.493 e. The maximum atomic E-state index is 13.4. The summed E-state index contributed by atoms with van der Waals surface area (Å²) in [5, 5.41) is 4.16. The second-order valence-corrected chi connectivity index (χ2v) is 9.17. The molecule has 6 nitrogen and oxygen atoms in total. The molecule has 182 valence electrons. The van der Waals surface area contributed by atoms with Crippen molar-refractivity contribution in [2.45, 2.75) is 18.4 Å². The largest absolute Gasteiger partial charge is 0.493 e. The molecule has 0 radical (unpaired) electrons. The molecule has 0 aliphatic carbocycles. The van der Waals surface area contributed by atoms with Crippen LogP contribution in [0.3, 0.4) is 0 Å². The molecule has 0 unspecified atom stereocenters. The van der Waals surface area contributed by atoms with Crippen LogP contribution < -0.4 is 14.8 Å². The molecule has 0 aromatic heterocycles. The number of halogens is 2. The molecule has 1 aliphatic heterocycles. The molecule has 2 atom stereocenters. The zero-order chi connectivity index (χ0) is 24.9. The number of nitrogens with one attached hydrogen (secondary N) is 1. The zero-order valence-corrected chi connectivity index (χ0v) is 21.0. The van der Waals surface area contributed by atoms with Gasteiger partial charge >= 0.3 is 0 Å². The smallest absolute Gasteiger partial charge is 0.254 e. The van der Waals surface area contributed by atoms with E-state index in [-0.39, 0.29) is 23.8 Å². The molecule has 0 spiro atoms. The van der Waals surface area contributed by atoms with Crippen LogP contribution >= 0.6 is 23.2 Å². The third-order valence-corrected chi connectivity index (χ3v) is 6.85. The topological polar surface area (TPSA) is 67.9 Å². The molecule has 1 heterocycles. The number of nitrogens with zero attached hydrogens (tertiary/aromatic N) is 1. The summed E-state index contributed by atoms with van der Waals surface area (Å²) in [6.45, 7) is 0.924. The molecule has 0 saturated carbocycles. The van der Waals surface area contributed by atoms with Crippen LogP contribution in [-0.4, -0.2) is 50.1 Å². The van der Waals surface area contributed by atoms with E-state index in [1.54, 1.807) is 54.5 Å². The highest BCUT2D eigenvalue weighted by Crippen LogP contribution is 2.32. The predicted molar refractivity (Wildman–Crippen MR) is 137 cm³/mol. The standard InChI is InChI=1S/C27H26Cl2N2O4/c1-34-24-12-9-18(15-25(24)35-2)27(33)31-14-13-23(21(16-31)17-7-10-19(28)11-8-17)30-26(32)20-5-3-4-6-22(20)29/h3-12,15,21,23H,13-14,16H2,1-2H3,(H,30,32)/t21-,23+/m0/s1. The number of hydrogen-bond donors (Lipinski definition) is 1. The van der Waals surface area contributed by atoms with Gasteiger partial charge in [0.25, 0.3) is 11.8 Å². The van der Waals surface area contributed by atoms with Crippen molar-refractivity contribution in [3.05, 3.63) is 93.5 Å². The van der Waals surface area contributed by atoms with Crippen LogP contribution in [-0.2, 0) is 0 Å². The van der Waals surface area contributed by atoms with E-state index in [1.165, 1.54) is 7.11 Å². The number of likely N-dealkylation sites (tertiary alicyclic amines) is 1. The number of amides is 2. The monoisotopic (exact) mass is 512 g/mol. The summed E-state index contributed by atoms with van der Waals surface area (Å²) in [5.41, 5.74) is 1.92. The first-order valence-electron chi connectivity index (χ1n) is 11.2. The molecular weight excluding hydrogens is 487 g/mol. The Morgan fingerprint density at radius 3 is 2.34 bits per heavy atom. The van der Waals surface area contributed by atoms with Gasteiger partial charge in [-0.2, -0.15) is 0 Å². The number of carbonyl (C=O) groups is 2. The van der Waals surface area contributed by atoms with Crippen LogP contribution in [0, 0.1) is 0 Å². The van der Waals surface area contributed by atoms with Crippen LogP contribution in [0.4, 0.5) is 0 Å².